The highest BCUT2D eigenvalue weighted by atomic mass is 19.3. The lowest BCUT2D eigenvalue weighted by atomic mass is 9.78. The van der Waals surface area contributed by atoms with E-state index in [1.807, 2.05) is 4.90 Å². The molecule has 7 heteroatoms. The molecule has 3 aliphatic heterocycles. The van der Waals surface area contributed by atoms with Gasteiger partial charge in [-0.2, -0.15) is 0 Å². The molecule has 3 fully saturated rings. The van der Waals surface area contributed by atoms with Crippen molar-refractivity contribution in [3.05, 3.63) is 64.5 Å². The summed E-state index contributed by atoms with van der Waals surface area (Å²) in [5.74, 6) is -2.26. The van der Waals surface area contributed by atoms with Crippen molar-refractivity contribution in [3.8, 4) is 0 Å². The molecular formula is C31H37F2N3O2. The van der Waals surface area contributed by atoms with Crippen LogP contribution in [0.15, 0.2) is 36.5 Å². The molecule has 4 heterocycles. The highest BCUT2D eigenvalue weighted by Crippen LogP contribution is 2.57. The van der Waals surface area contributed by atoms with Gasteiger partial charge in [0.25, 0.3) is 5.92 Å². The predicted molar refractivity (Wildman–Crippen MR) is 139 cm³/mol. The number of fused-ring (bicyclic) bond motifs is 4. The summed E-state index contributed by atoms with van der Waals surface area (Å²) in [7, 11) is 0. The van der Waals surface area contributed by atoms with E-state index in [2.05, 4.69) is 34.1 Å². The molecule has 202 valence electrons. The van der Waals surface area contributed by atoms with Crippen LogP contribution in [-0.2, 0) is 40.6 Å². The van der Waals surface area contributed by atoms with Crippen LogP contribution >= 0.6 is 0 Å². The lowest BCUT2D eigenvalue weighted by Crippen LogP contribution is -2.48. The Labute approximate surface area is 223 Å². The third-order valence-electron chi connectivity index (χ3n) is 10.5. The van der Waals surface area contributed by atoms with Gasteiger partial charge in [-0.05, 0) is 67.2 Å². The monoisotopic (exact) mass is 521 g/mol. The number of alkyl halides is 2. The molecule has 0 radical (unpaired) electrons. The van der Waals surface area contributed by atoms with E-state index >= 15 is 0 Å². The van der Waals surface area contributed by atoms with E-state index in [0.717, 1.165) is 76.2 Å². The second kappa shape index (κ2) is 8.82. The van der Waals surface area contributed by atoms with Gasteiger partial charge in [0.2, 0.25) is 5.91 Å². The summed E-state index contributed by atoms with van der Waals surface area (Å²) in [5.41, 5.74) is 3.82. The number of halogens is 2. The first kappa shape index (κ1) is 24.6. The fourth-order valence-corrected chi connectivity index (χ4v) is 8.44. The number of carbonyl (C=O) groups is 1. The smallest absolute Gasteiger partial charge is 0.272 e. The van der Waals surface area contributed by atoms with Crippen molar-refractivity contribution >= 4 is 5.91 Å². The minimum atomic E-state index is -2.93. The van der Waals surface area contributed by atoms with Crippen molar-refractivity contribution in [2.75, 3.05) is 19.6 Å². The largest absolute Gasteiger partial charge is 0.365 e. The van der Waals surface area contributed by atoms with E-state index < -0.39 is 5.92 Å². The summed E-state index contributed by atoms with van der Waals surface area (Å²) in [6, 6.07) is 10.6. The predicted octanol–water partition coefficient (Wildman–Crippen LogP) is 5.55. The first-order chi connectivity index (χ1) is 18.3. The molecule has 3 unspecified atom stereocenters. The summed E-state index contributed by atoms with van der Waals surface area (Å²) in [6.07, 6.45) is 9.14. The first-order valence-electron chi connectivity index (χ1n) is 14.4. The van der Waals surface area contributed by atoms with Crippen molar-refractivity contribution < 1.29 is 18.3 Å². The van der Waals surface area contributed by atoms with Crippen LogP contribution in [0.5, 0.6) is 0 Å². The maximum absolute atomic E-state index is 14.2. The molecule has 2 aliphatic carbocycles. The number of carbonyl (C=O) groups excluding carboxylic acids is 1. The molecule has 38 heavy (non-hydrogen) atoms. The van der Waals surface area contributed by atoms with Crippen LogP contribution in [-0.4, -0.2) is 46.4 Å². The Kier molecular flexibility index (Phi) is 5.72. The number of amides is 1. The number of rotatable bonds is 3. The maximum atomic E-state index is 14.2. The Bertz CT molecular complexity index is 1250. The van der Waals surface area contributed by atoms with Gasteiger partial charge in [-0.15, -0.1) is 0 Å². The van der Waals surface area contributed by atoms with Crippen molar-refractivity contribution in [2.24, 2.45) is 11.3 Å². The van der Waals surface area contributed by atoms with Crippen LogP contribution in [0, 0.1) is 11.3 Å². The number of hydrogen-bond donors (Lipinski definition) is 0. The number of hydrogen-bond acceptors (Lipinski definition) is 4. The third-order valence-corrected chi connectivity index (χ3v) is 10.5. The number of nitrogens with zero attached hydrogens (tertiary/aromatic N) is 3. The van der Waals surface area contributed by atoms with Crippen molar-refractivity contribution in [1.29, 1.82) is 0 Å². The van der Waals surface area contributed by atoms with Crippen LogP contribution in [0.1, 0.15) is 79.8 Å². The minimum absolute atomic E-state index is 0.0693. The average molecular weight is 522 g/mol. The molecule has 1 aromatic carbocycles. The van der Waals surface area contributed by atoms with E-state index in [9.17, 15) is 13.6 Å². The SMILES string of the molecule is CC(F)(F)c1cnc2c(c1)CN(C(=O)C13CCCC1CC(N1CCC4(CC1)OCc1ccccc14)C3)CC2. The number of benzene rings is 1. The summed E-state index contributed by atoms with van der Waals surface area (Å²) < 4.78 is 34.3. The van der Waals surface area contributed by atoms with Gasteiger partial charge >= 0.3 is 0 Å². The van der Waals surface area contributed by atoms with Gasteiger partial charge in [-0.3, -0.25) is 9.78 Å². The van der Waals surface area contributed by atoms with Crippen LogP contribution in [0.4, 0.5) is 8.78 Å². The van der Waals surface area contributed by atoms with Crippen molar-refractivity contribution in [2.45, 2.75) is 89.0 Å². The van der Waals surface area contributed by atoms with Gasteiger partial charge in [0.1, 0.15) is 0 Å². The second-order valence-electron chi connectivity index (χ2n) is 12.5. The summed E-state index contributed by atoms with van der Waals surface area (Å²) in [5, 5.41) is 0. The van der Waals surface area contributed by atoms with Gasteiger partial charge in [0.05, 0.1) is 17.6 Å². The zero-order valence-corrected chi connectivity index (χ0v) is 22.2. The van der Waals surface area contributed by atoms with Gasteiger partial charge in [-0.25, -0.2) is 8.78 Å². The normalized spacial score (nSPS) is 30.3. The number of ether oxygens (including phenoxy) is 1. The molecule has 2 saturated carbocycles. The number of likely N-dealkylation sites (tertiary alicyclic amines) is 1. The van der Waals surface area contributed by atoms with Crippen LogP contribution in [0.2, 0.25) is 0 Å². The maximum Gasteiger partial charge on any atom is 0.272 e. The molecule has 0 bridgehead atoms. The fourth-order valence-electron chi connectivity index (χ4n) is 8.44. The highest BCUT2D eigenvalue weighted by Gasteiger charge is 2.57. The number of piperidine rings is 1. The molecule has 1 aromatic heterocycles. The Balaban J connectivity index is 1.06. The van der Waals surface area contributed by atoms with E-state index in [1.165, 1.54) is 17.3 Å². The van der Waals surface area contributed by atoms with Crippen LogP contribution in [0.25, 0.3) is 0 Å². The average Bonchev–Trinajstić information content (AvgIpc) is 3.60. The molecule has 5 aliphatic rings. The zero-order chi connectivity index (χ0) is 26.1. The van der Waals surface area contributed by atoms with Gasteiger partial charge in [0, 0.05) is 63.0 Å². The molecule has 5 nitrogen and oxygen atoms in total. The summed E-state index contributed by atoms with van der Waals surface area (Å²) in [4.78, 5) is 23.1. The van der Waals surface area contributed by atoms with E-state index in [-0.39, 0.29) is 22.5 Å². The minimum Gasteiger partial charge on any atom is -0.365 e. The Morgan fingerprint density at radius 3 is 2.76 bits per heavy atom. The summed E-state index contributed by atoms with van der Waals surface area (Å²) in [6.45, 7) is 4.66. The molecular weight excluding hydrogens is 484 g/mol. The second-order valence-corrected chi connectivity index (χ2v) is 12.5. The lowest BCUT2D eigenvalue weighted by molar-refractivity contribution is -0.144. The molecule has 0 N–H and O–H groups in total. The van der Waals surface area contributed by atoms with E-state index in [0.29, 0.717) is 38.1 Å². The van der Waals surface area contributed by atoms with Crippen molar-refractivity contribution in [1.82, 2.24) is 14.8 Å². The van der Waals surface area contributed by atoms with Gasteiger partial charge in [-0.1, -0.05) is 30.7 Å². The first-order valence-corrected chi connectivity index (χ1v) is 14.4. The third kappa shape index (κ3) is 3.83. The Hall–Kier alpha value is -2.38. The van der Waals surface area contributed by atoms with Crippen molar-refractivity contribution in [3.63, 3.8) is 0 Å². The zero-order valence-electron chi connectivity index (χ0n) is 22.2. The fraction of sp³-hybridized carbons (Fsp3) is 0.613. The standard InChI is InChI=1S/C31H37F2N3O2/c1-29(32,33)24-15-22-19-36(12-8-27(22)34-18-24)28(37)30-9-4-6-23(30)16-25(17-30)35-13-10-31(11-14-35)26-7-3-2-5-21(26)20-38-31/h2-3,5,7,15,18,23,25H,4,6,8-14,16-17,19-20H2,1H3. The number of pyridine rings is 1. The quantitative estimate of drug-likeness (QED) is 0.532. The topological polar surface area (TPSA) is 45.7 Å². The van der Waals surface area contributed by atoms with Gasteiger partial charge < -0.3 is 14.5 Å². The molecule has 1 spiro atoms. The summed E-state index contributed by atoms with van der Waals surface area (Å²) >= 11 is 0. The Morgan fingerprint density at radius 2 is 1.95 bits per heavy atom. The van der Waals surface area contributed by atoms with Gasteiger partial charge in [0.15, 0.2) is 0 Å². The molecule has 7 rings (SSSR count). The Morgan fingerprint density at radius 1 is 1.13 bits per heavy atom. The molecule has 3 atom stereocenters. The number of aromatic nitrogens is 1. The molecule has 1 amide bonds. The van der Waals surface area contributed by atoms with Crippen LogP contribution < -0.4 is 0 Å². The highest BCUT2D eigenvalue weighted by molar-refractivity contribution is 5.84. The van der Waals surface area contributed by atoms with E-state index in [4.69, 9.17) is 4.74 Å². The molecule has 1 saturated heterocycles. The van der Waals surface area contributed by atoms with Crippen LogP contribution in [0.3, 0.4) is 0 Å². The van der Waals surface area contributed by atoms with E-state index in [1.54, 1.807) is 6.07 Å². The molecule has 2 aromatic rings. The lowest BCUT2D eigenvalue weighted by Gasteiger charge is -2.42.